The molecule has 1 saturated heterocycles. The summed E-state index contributed by atoms with van der Waals surface area (Å²) >= 11 is 12.4. The van der Waals surface area contributed by atoms with Gasteiger partial charge in [-0.2, -0.15) is 0 Å². The number of ether oxygens (including phenoxy) is 1. The van der Waals surface area contributed by atoms with E-state index in [1.165, 1.54) is 4.90 Å². The Balaban J connectivity index is 1.53. The fraction of sp³-hybridized carbons (Fsp3) is 0.273. The number of benzene rings is 1. The van der Waals surface area contributed by atoms with Crippen LogP contribution in [0.1, 0.15) is 22.1 Å². The maximum Gasteiger partial charge on any atom is 0.412 e. The fourth-order valence-electron chi connectivity index (χ4n) is 3.94. The van der Waals surface area contributed by atoms with Gasteiger partial charge in [0, 0.05) is 37.1 Å². The summed E-state index contributed by atoms with van der Waals surface area (Å²) in [5, 5.41) is 1.35. The topological polar surface area (TPSA) is 78.9 Å². The quantitative estimate of drug-likeness (QED) is 0.525. The zero-order valence-electron chi connectivity index (χ0n) is 17.2. The van der Waals surface area contributed by atoms with Gasteiger partial charge in [0.25, 0.3) is 5.91 Å². The lowest BCUT2D eigenvalue weighted by Crippen LogP contribution is -2.48. The highest BCUT2D eigenvalue weighted by Gasteiger charge is 2.43. The van der Waals surface area contributed by atoms with Gasteiger partial charge in [-0.15, -0.1) is 0 Å². The van der Waals surface area contributed by atoms with Crippen molar-refractivity contribution in [1.29, 1.82) is 0 Å². The first-order valence-electron chi connectivity index (χ1n) is 10.1. The molecule has 1 aromatic carbocycles. The molecular formula is C22H19Cl2N5O3. The lowest BCUT2D eigenvalue weighted by Gasteiger charge is -2.33. The van der Waals surface area contributed by atoms with Crippen molar-refractivity contribution in [3.05, 3.63) is 63.8 Å². The number of piperazine rings is 1. The molecule has 0 spiro atoms. The second-order valence-corrected chi connectivity index (χ2v) is 8.55. The molecule has 3 aromatic rings. The van der Waals surface area contributed by atoms with Crippen LogP contribution in [-0.4, -0.2) is 65.0 Å². The number of amides is 2. The molecule has 2 aliphatic heterocycles. The highest BCUT2D eigenvalue weighted by atomic mass is 35.5. The van der Waals surface area contributed by atoms with Gasteiger partial charge in [-0.25, -0.2) is 14.8 Å². The van der Waals surface area contributed by atoms with Crippen LogP contribution in [0.3, 0.4) is 0 Å². The van der Waals surface area contributed by atoms with Gasteiger partial charge < -0.3 is 14.5 Å². The lowest BCUT2D eigenvalue weighted by atomic mass is 10.1. The number of hydrogen-bond acceptors (Lipinski definition) is 6. The fourth-order valence-corrected chi connectivity index (χ4v) is 4.34. The van der Waals surface area contributed by atoms with E-state index in [9.17, 15) is 9.59 Å². The lowest BCUT2D eigenvalue weighted by molar-refractivity contribution is 0.0489. The van der Waals surface area contributed by atoms with Crippen molar-refractivity contribution in [3.63, 3.8) is 0 Å². The molecule has 1 atom stereocenters. The summed E-state index contributed by atoms with van der Waals surface area (Å²) in [6.45, 7) is 2.61. The number of nitrogens with zero attached hydrogens (tertiary/aromatic N) is 5. The highest BCUT2D eigenvalue weighted by Crippen LogP contribution is 2.41. The standard InChI is InChI=1S/C22H19Cl2N5O3/c1-27-9-11-28(12-10-27)22(31)32-21-14-3-2-4-15(23)18(14)20(30)29(21)17-8-6-13-5-7-16(24)25-19(13)26-17/h2-8,21H,9-12H2,1H3. The summed E-state index contributed by atoms with van der Waals surface area (Å²) in [7, 11) is 2.00. The van der Waals surface area contributed by atoms with Gasteiger partial charge in [0.15, 0.2) is 5.65 Å². The molecular weight excluding hydrogens is 453 g/mol. The zero-order valence-corrected chi connectivity index (χ0v) is 18.7. The number of likely N-dealkylation sites (N-methyl/N-ethyl adjacent to an activating group) is 1. The predicted molar refractivity (Wildman–Crippen MR) is 121 cm³/mol. The number of hydrogen-bond donors (Lipinski definition) is 0. The van der Waals surface area contributed by atoms with Crippen LogP contribution < -0.4 is 4.90 Å². The first-order chi connectivity index (χ1) is 15.4. The largest absolute Gasteiger partial charge is 0.420 e. The van der Waals surface area contributed by atoms with Gasteiger partial charge in [0.1, 0.15) is 11.0 Å². The van der Waals surface area contributed by atoms with E-state index >= 15 is 0 Å². The number of anilines is 1. The van der Waals surface area contributed by atoms with E-state index in [0.717, 1.165) is 18.5 Å². The van der Waals surface area contributed by atoms with E-state index in [0.29, 0.717) is 40.8 Å². The van der Waals surface area contributed by atoms with Gasteiger partial charge in [0.2, 0.25) is 6.23 Å². The Morgan fingerprint density at radius 1 is 1.03 bits per heavy atom. The second-order valence-electron chi connectivity index (χ2n) is 7.76. The van der Waals surface area contributed by atoms with Crippen molar-refractivity contribution in [2.75, 3.05) is 38.1 Å². The highest BCUT2D eigenvalue weighted by molar-refractivity contribution is 6.35. The van der Waals surface area contributed by atoms with Crippen molar-refractivity contribution in [3.8, 4) is 0 Å². The normalized spacial score (nSPS) is 18.8. The van der Waals surface area contributed by atoms with Crippen LogP contribution >= 0.6 is 23.2 Å². The summed E-state index contributed by atoms with van der Waals surface area (Å²) in [5.74, 6) is -0.101. The average molecular weight is 472 g/mol. The third-order valence-electron chi connectivity index (χ3n) is 5.70. The summed E-state index contributed by atoms with van der Waals surface area (Å²) in [6, 6.07) is 12.0. The molecule has 1 unspecified atom stereocenters. The van der Waals surface area contributed by atoms with Crippen LogP contribution in [0.2, 0.25) is 10.2 Å². The molecule has 164 valence electrons. The predicted octanol–water partition coefficient (Wildman–Crippen LogP) is 3.98. The van der Waals surface area contributed by atoms with E-state index < -0.39 is 18.2 Å². The summed E-state index contributed by atoms with van der Waals surface area (Å²) in [5.41, 5.74) is 1.20. The molecule has 0 bridgehead atoms. The number of carbonyl (C=O) groups excluding carboxylic acids is 2. The number of halogens is 2. The van der Waals surface area contributed by atoms with Crippen LogP contribution in [-0.2, 0) is 4.74 Å². The molecule has 10 heteroatoms. The van der Waals surface area contributed by atoms with Crippen molar-refractivity contribution in [2.24, 2.45) is 0 Å². The SMILES string of the molecule is CN1CCN(C(=O)OC2c3cccc(Cl)c3C(=O)N2c2ccc3ccc(Cl)nc3n2)CC1. The van der Waals surface area contributed by atoms with Crippen LogP contribution in [0.15, 0.2) is 42.5 Å². The molecule has 2 aromatic heterocycles. The van der Waals surface area contributed by atoms with E-state index in [2.05, 4.69) is 14.9 Å². The number of fused-ring (bicyclic) bond motifs is 2. The Kier molecular flexibility index (Phi) is 5.36. The molecule has 32 heavy (non-hydrogen) atoms. The Morgan fingerprint density at radius 3 is 2.56 bits per heavy atom. The number of aromatic nitrogens is 2. The minimum Gasteiger partial charge on any atom is -0.420 e. The number of carbonyl (C=O) groups is 2. The van der Waals surface area contributed by atoms with Gasteiger partial charge in [0.05, 0.1) is 10.6 Å². The van der Waals surface area contributed by atoms with Gasteiger partial charge in [-0.1, -0.05) is 35.3 Å². The summed E-state index contributed by atoms with van der Waals surface area (Å²) in [6.07, 6.45) is -1.48. The summed E-state index contributed by atoms with van der Waals surface area (Å²) in [4.78, 5) is 40.2. The molecule has 5 rings (SSSR count). The summed E-state index contributed by atoms with van der Waals surface area (Å²) < 4.78 is 5.87. The van der Waals surface area contributed by atoms with Crippen molar-refractivity contribution in [1.82, 2.24) is 19.8 Å². The number of rotatable bonds is 2. The smallest absolute Gasteiger partial charge is 0.412 e. The molecule has 4 heterocycles. The van der Waals surface area contributed by atoms with E-state index in [1.54, 1.807) is 47.4 Å². The van der Waals surface area contributed by atoms with E-state index in [1.807, 2.05) is 7.05 Å². The second kappa shape index (κ2) is 8.20. The van der Waals surface area contributed by atoms with Crippen LogP contribution in [0.25, 0.3) is 11.0 Å². The van der Waals surface area contributed by atoms with Crippen molar-refractivity contribution < 1.29 is 14.3 Å². The van der Waals surface area contributed by atoms with Gasteiger partial charge in [-0.3, -0.25) is 9.69 Å². The van der Waals surface area contributed by atoms with E-state index in [-0.39, 0.29) is 5.02 Å². The molecule has 2 amide bonds. The van der Waals surface area contributed by atoms with Crippen molar-refractivity contribution in [2.45, 2.75) is 6.23 Å². The first kappa shape index (κ1) is 20.9. The molecule has 8 nitrogen and oxygen atoms in total. The van der Waals surface area contributed by atoms with Crippen LogP contribution in [0, 0.1) is 0 Å². The Labute approximate surface area is 194 Å². The third-order valence-corrected chi connectivity index (χ3v) is 6.23. The average Bonchev–Trinajstić information content (AvgIpc) is 3.06. The molecule has 0 saturated carbocycles. The first-order valence-corrected chi connectivity index (χ1v) is 10.9. The number of pyridine rings is 2. The Bertz CT molecular complexity index is 1230. The van der Waals surface area contributed by atoms with Crippen LogP contribution in [0.5, 0.6) is 0 Å². The molecule has 0 radical (unpaired) electrons. The molecule has 1 fully saturated rings. The minimum atomic E-state index is -0.993. The Hall–Kier alpha value is -2.94. The van der Waals surface area contributed by atoms with Gasteiger partial charge >= 0.3 is 6.09 Å². The molecule has 0 aliphatic carbocycles. The minimum absolute atomic E-state index is 0.289. The van der Waals surface area contributed by atoms with E-state index in [4.69, 9.17) is 27.9 Å². The zero-order chi connectivity index (χ0) is 22.4. The molecule has 2 aliphatic rings. The molecule has 0 N–H and O–H groups in total. The third kappa shape index (κ3) is 3.64. The maximum absolute atomic E-state index is 13.4. The van der Waals surface area contributed by atoms with Crippen molar-refractivity contribution >= 4 is 52.1 Å². The monoisotopic (exact) mass is 471 g/mol. The Morgan fingerprint density at radius 2 is 1.78 bits per heavy atom. The maximum atomic E-state index is 13.4. The van der Waals surface area contributed by atoms with Gasteiger partial charge in [-0.05, 0) is 37.4 Å². The van der Waals surface area contributed by atoms with Crippen LogP contribution in [0.4, 0.5) is 10.6 Å².